The molecule has 3 unspecified atom stereocenters. The average molecular weight is 421 g/mol. The number of methoxy groups -OCH3 is 1. The maximum Gasteiger partial charge on any atom is 0.305 e. The molecule has 2 aliphatic heterocycles. The summed E-state index contributed by atoms with van der Waals surface area (Å²) in [6.45, 7) is 1.94. The highest BCUT2D eigenvalue weighted by Gasteiger charge is 2.52. The molecule has 0 N–H and O–H groups in total. The SMILES string of the molecule is COC(=O)CCC1CC2(CI)O[C@@H](C[C@@H](C)C#N)CCC2O1. The molecule has 0 radical (unpaired) electrons. The molecule has 22 heavy (non-hydrogen) atoms. The molecule has 2 saturated heterocycles. The highest BCUT2D eigenvalue weighted by Crippen LogP contribution is 2.44. The van der Waals surface area contributed by atoms with Gasteiger partial charge in [-0.25, -0.2) is 0 Å². The summed E-state index contributed by atoms with van der Waals surface area (Å²) in [6.07, 6.45) is 4.92. The first-order valence-electron chi connectivity index (χ1n) is 7.88. The first kappa shape index (κ1) is 18.0. The maximum atomic E-state index is 11.3. The molecule has 0 aromatic heterocycles. The van der Waals surface area contributed by atoms with E-state index in [0.29, 0.717) is 12.8 Å². The van der Waals surface area contributed by atoms with Crippen LogP contribution in [-0.4, -0.2) is 41.4 Å². The molecule has 5 nitrogen and oxygen atoms in total. The summed E-state index contributed by atoms with van der Waals surface area (Å²) in [6, 6.07) is 2.29. The van der Waals surface area contributed by atoms with Crippen LogP contribution in [0.15, 0.2) is 0 Å². The van der Waals surface area contributed by atoms with Crippen molar-refractivity contribution in [1.82, 2.24) is 0 Å². The fraction of sp³-hybridized carbons (Fsp3) is 0.875. The van der Waals surface area contributed by atoms with Crippen LogP contribution in [0.4, 0.5) is 0 Å². The van der Waals surface area contributed by atoms with Gasteiger partial charge in [0.2, 0.25) is 0 Å². The van der Waals surface area contributed by atoms with E-state index in [4.69, 9.17) is 19.5 Å². The summed E-state index contributed by atoms with van der Waals surface area (Å²) in [5.41, 5.74) is -0.251. The van der Waals surface area contributed by atoms with Crippen molar-refractivity contribution in [2.24, 2.45) is 5.92 Å². The van der Waals surface area contributed by atoms with Gasteiger partial charge in [-0.1, -0.05) is 22.6 Å². The standard InChI is InChI=1S/C16H24INO4/c1-11(9-18)7-12-3-5-14-16(10-17,22-12)8-13(21-14)4-6-15(19)20-2/h11-14H,3-8,10H2,1-2H3/t11-,12-,13?,14?,16?/m1/s1. The monoisotopic (exact) mass is 421 g/mol. The molecule has 0 bridgehead atoms. The average Bonchev–Trinajstić information content (AvgIpc) is 2.90. The molecule has 0 aromatic carbocycles. The van der Waals surface area contributed by atoms with Crippen molar-refractivity contribution in [3.05, 3.63) is 0 Å². The Kier molecular flexibility index (Phi) is 6.47. The zero-order valence-corrected chi connectivity index (χ0v) is 15.4. The predicted molar refractivity (Wildman–Crippen MR) is 89.6 cm³/mol. The third-order valence-electron chi connectivity index (χ3n) is 4.63. The van der Waals surface area contributed by atoms with Gasteiger partial charge < -0.3 is 14.2 Å². The molecule has 0 spiro atoms. The number of alkyl halides is 1. The van der Waals surface area contributed by atoms with E-state index in [1.165, 1.54) is 7.11 Å². The third kappa shape index (κ3) is 4.12. The van der Waals surface area contributed by atoms with E-state index in [1.54, 1.807) is 0 Å². The van der Waals surface area contributed by atoms with E-state index in [0.717, 1.165) is 30.1 Å². The Bertz CT molecular complexity index is 438. The molecule has 0 aromatic rings. The largest absolute Gasteiger partial charge is 0.469 e. The number of nitrogens with zero attached hydrogens (tertiary/aromatic N) is 1. The molecule has 0 aliphatic carbocycles. The van der Waals surface area contributed by atoms with Crippen molar-refractivity contribution in [2.45, 2.75) is 69.4 Å². The molecular formula is C16H24INO4. The Morgan fingerprint density at radius 2 is 2.27 bits per heavy atom. The highest BCUT2D eigenvalue weighted by molar-refractivity contribution is 14.1. The zero-order chi connectivity index (χ0) is 16.2. The number of ether oxygens (including phenoxy) is 3. The van der Waals surface area contributed by atoms with Crippen LogP contribution < -0.4 is 0 Å². The second-order valence-electron chi connectivity index (χ2n) is 6.35. The number of nitriles is 1. The number of carbonyl (C=O) groups excluding carboxylic acids is 1. The normalized spacial score (nSPS) is 35.5. The lowest BCUT2D eigenvalue weighted by molar-refractivity contribution is -0.155. The van der Waals surface area contributed by atoms with E-state index in [1.807, 2.05) is 6.92 Å². The van der Waals surface area contributed by atoms with Gasteiger partial charge in [-0.2, -0.15) is 5.26 Å². The quantitative estimate of drug-likeness (QED) is 0.375. The number of esters is 1. The lowest BCUT2D eigenvalue weighted by Crippen LogP contribution is -2.50. The minimum absolute atomic E-state index is 0.0188. The summed E-state index contributed by atoms with van der Waals surface area (Å²) in [5, 5.41) is 8.99. The van der Waals surface area contributed by atoms with Crippen LogP contribution in [0.3, 0.4) is 0 Å². The second kappa shape index (κ2) is 7.93. The number of rotatable bonds is 6. The van der Waals surface area contributed by atoms with Crippen molar-refractivity contribution in [1.29, 1.82) is 5.26 Å². The van der Waals surface area contributed by atoms with Gasteiger partial charge in [-0.15, -0.1) is 0 Å². The lowest BCUT2D eigenvalue weighted by atomic mass is 9.86. The topological polar surface area (TPSA) is 68.5 Å². The molecule has 2 aliphatic rings. The predicted octanol–water partition coefficient (Wildman–Crippen LogP) is 3.00. The number of halogens is 1. The van der Waals surface area contributed by atoms with Gasteiger partial charge in [0.1, 0.15) is 5.60 Å². The summed E-state index contributed by atoms with van der Waals surface area (Å²) in [4.78, 5) is 11.3. The summed E-state index contributed by atoms with van der Waals surface area (Å²) in [5.74, 6) is -0.172. The lowest BCUT2D eigenvalue weighted by Gasteiger charge is -2.41. The number of hydrogen-bond donors (Lipinski definition) is 0. The minimum Gasteiger partial charge on any atom is -0.469 e. The van der Waals surface area contributed by atoms with Crippen LogP contribution in [0.1, 0.15) is 45.4 Å². The van der Waals surface area contributed by atoms with E-state index >= 15 is 0 Å². The maximum absolute atomic E-state index is 11.3. The van der Waals surface area contributed by atoms with Crippen LogP contribution in [0, 0.1) is 17.2 Å². The van der Waals surface area contributed by atoms with Crippen LogP contribution in [0.5, 0.6) is 0 Å². The number of fused-ring (bicyclic) bond motifs is 1. The molecule has 0 amide bonds. The molecule has 2 heterocycles. The third-order valence-corrected chi connectivity index (χ3v) is 5.92. The van der Waals surface area contributed by atoms with Crippen molar-refractivity contribution in [3.8, 4) is 6.07 Å². The smallest absolute Gasteiger partial charge is 0.305 e. The Balaban J connectivity index is 1.94. The van der Waals surface area contributed by atoms with E-state index in [9.17, 15) is 4.79 Å². The van der Waals surface area contributed by atoms with Crippen molar-refractivity contribution < 1.29 is 19.0 Å². The van der Waals surface area contributed by atoms with Crippen molar-refractivity contribution in [2.75, 3.05) is 11.5 Å². The fourth-order valence-corrected chi connectivity index (χ4v) is 4.42. The van der Waals surface area contributed by atoms with Crippen molar-refractivity contribution >= 4 is 28.6 Å². The van der Waals surface area contributed by atoms with E-state index in [-0.39, 0.29) is 35.8 Å². The second-order valence-corrected chi connectivity index (χ2v) is 7.11. The summed E-state index contributed by atoms with van der Waals surface area (Å²) < 4.78 is 18.1. The fourth-order valence-electron chi connectivity index (χ4n) is 3.44. The van der Waals surface area contributed by atoms with Crippen LogP contribution in [-0.2, 0) is 19.0 Å². The van der Waals surface area contributed by atoms with Gasteiger partial charge in [0.15, 0.2) is 0 Å². The molecule has 5 atom stereocenters. The van der Waals surface area contributed by atoms with Gasteiger partial charge in [-0.3, -0.25) is 4.79 Å². The molecular weight excluding hydrogens is 397 g/mol. The molecule has 0 saturated carbocycles. The molecule has 2 fully saturated rings. The van der Waals surface area contributed by atoms with E-state index in [2.05, 4.69) is 28.7 Å². The first-order chi connectivity index (χ1) is 10.5. The Morgan fingerprint density at radius 3 is 2.91 bits per heavy atom. The van der Waals surface area contributed by atoms with Crippen LogP contribution in [0.25, 0.3) is 0 Å². The zero-order valence-electron chi connectivity index (χ0n) is 13.2. The summed E-state index contributed by atoms with van der Waals surface area (Å²) >= 11 is 2.37. The number of hydrogen-bond acceptors (Lipinski definition) is 5. The summed E-state index contributed by atoms with van der Waals surface area (Å²) in [7, 11) is 1.41. The molecule has 6 heteroatoms. The van der Waals surface area contributed by atoms with Crippen LogP contribution >= 0.6 is 22.6 Å². The Hall–Kier alpha value is -0.390. The van der Waals surface area contributed by atoms with Gasteiger partial charge in [0.25, 0.3) is 0 Å². The number of carbonyl (C=O) groups is 1. The van der Waals surface area contributed by atoms with Crippen molar-refractivity contribution in [3.63, 3.8) is 0 Å². The molecule has 2 rings (SSSR count). The Morgan fingerprint density at radius 1 is 1.50 bits per heavy atom. The highest BCUT2D eigenvalue weighted by atomic mass is 127. The Labute approximate surface area is 145 Å². The van der Waals surface area contributed by atoms with Gasteiger partial charge in [-0.05, 0) is 32.6 Å². The van der Waals surface area contributed by atoms with Gasteiger partial charge >= 0.3 is 5.97 Å². The van der Waals surface area contributed by atoms with E-state index < -0.39 is 0 Å². The van der Waals surface area contributed by atoms with Crippen LogP contribution in [0.2, 0.25) is 0 Å². The molecule has 124 valence electrons. The van der Waals surface area contributed by atoms with Gasteiger partial charge in [0, 0.05) is 23.2 Å². The first-order valence-corrected chi connectivity index (χ1v) is 9.41. The minimum atomic E-state index is -0.251. The van der Waals surface area contributed by atoms with Gasteiger partial charge in [0.05, 0.1) is 31.5 Å².